The predicted octanol–water partition coefficient (Wildman–Crippen LogP) is 4.57. The molecule has 2 atom stereocenters. The highest BCUT2D eigenvalue weighted by Crippen LogP contribution is 2.34. The number of amides is 3. The summed E-state index contributed by atoms with van der Waals surface area (Å²) in [4.78, 5) is 41.6. The summed E-state index contributed by atoms with van der Waals surface area (Å²) in [5, 5.41) is 5.79. The quantitative estimate of drug-likeness (QED) is 0.502. The lowest BCUT2D eigenvalue weighted by atomic mass is 9.87. The normalized spacial score (nSPS) is 15.8. The number of benzene rings is 1. The fraction of sp³-hybridized carbons (Fsp3) is 0.654. The third kappa shape index (κ3) is 7.76. The second kappa shape index (κ2) is 12.1. The van der Waals surface area contributed by atoms with Crippen LogP contribution in [0.3, 0.4) is 0 Å². The molecule has 3 amide bonds. The van der Waals surface area contributed by atoms with Gasteiger partial charge in [-0.2, -0.15) is 0 Å². The summed E-state index contributed by atoms with van der Waals surface area (Å²) in [5.41, 5.74) is 0.0974. The van der Waals surface area contributed by atoms with E-state index in [2.05, 4.69) is 17.6 Å². The number of ether oxygens (including phenoxy) is 1. The number of carbonyl (C=O) groups excluding carboxylic acids is 3. The van der Waals surface area contributed by atoms with Gasteiger partial charge in [-0.3, -0.25) is 9.59 Å². The van der Waals surface area contributed by atoms with Crippen LogP contribution >= 0.6 is 0 Å². The van der Waals surface area contributed by atoms with Crippen molar-refractivity contribution in [2.75, 3.05) is 6.54 Å². The van der Waals surface area contributed by atoms with Crippen LogP contribution < -0.4 is 10.6 Å². The van der Waals surface area contributed by atoms with Gasteiger partial charge in [0, 0.05) is 12.6 Å². The van der Waals surface area contributed by atoms with Gasteiger partial charge in [-0.05, 0) is 57.9 Å². The summed E-state index contributed by atoms with van der Waals surface area (Å²) >= 11 is 0. The van der Waals surface area contributed by atoms with E-state index >= 15 is 0 Å². The topological polar surface area (TPSA) is 87.7 Å². The Hall–Kier alpha value is -2.57. The minimum absolute atomic E-state index is 0.0404. The van der Waals surface area contributed by atoms with Crippen LogP contribution in [0.1, 0.15) is 85.3 Å². The zero-order chi connectivity index (χ0) is 24.6. The van der Waals surface area contributed by atoms with Gasteiger partial charge < -0.3 is 20.3 Å². The lowest BCUT2D eigenvalue weighted by molar-refractivity contribution is -0.148. The van der Waals surface area contributed by atoms with Crippen LogP contribution in [0, 0.1) is 5.92 Å². The number of rotatable bonds is 10. The first-order valence-electron chi connectivity index (χ1n) is 12.2. The summed E-state index contributed by atoms with van der Waals surface area (Å²) in [7, 11) is 0. The molecule has 0 bridgehead atoms. The number of unbranched alkanes of at least 4 members (excludes halogenated alkanes) is 1. The van der Waals surface area contributed by atoms with Crippen molar-refractivity contribution in [2.24, 2.45) is 5.92 Å². The number of hydrogen-bond donors (Lipinski definition) is 2. The van der Waals surface area contributed by atoms with Crippen LogP contribution in [0.5, 0.6) is 0 Å². The van der Waals surface area contributed by atoms with Crippen molar-refractivity contribution in [3.63, 3.8) is 0 Å². The van der Waals surface area contributed by atoms with Crippen LogP contribution in [0.15, 0.2) is 30.3 Å². The molecule has 2 N–H and O–H groups in total. The Balaban J connectivity index is 2.38. The molecule has 1 aliphatic carbocycles. The van der Waals surface area contributed by atoms with Crippen LogP contribution in [0.25, 0.3) is 0 Å². The Bertz CT molecular complexity index is 784. The van der Waals surface area contributed by atoms with Gasteiger partial charge in [-0.15, -0.1) is 0 Å². The Labute approximate surface area is 198 Å². The molecule has 0 radical (unpaired) electrons. The Kier molecular flexibility index (Phi) is 9.74. The summed E-state index contributed by atoms with van der Waals surface area (Å²) < 4.78 is 5.41. The summed E-state index contributed by atoms with van der Waals surface area (Å²) in [5.74, 6) is -0.609. The Morgan fingerprint density at radius 3 is 2.24 bits per heavy atom. The molecule has 2 rings (SSSR count). The van der Waals surface area contributed by atoms with Crippen molar-refractivity contribution >= 4 is 17.9 Å². The molecule has 1 aromatic carbocycles. The fourth-order valence-electron chi connectivity index (χ4n) is 3.85. The lowest BCUT2D eigenvalue weighted by Gasteiger charge is -2.44. The molecule has 184 valence electrons. The Morgan fingerprint density at radius 1 is 1.12 bits per heavy atom. The number of hydrogen-bond acceptors (Lipinski definition) is 4. The van der Waals surface area contributed by atoms with E-state index in [4.69, 9.17) is 4.74 Å². The second-order valence-corrected chi connectivity index (χ2v) is 10.2. The van der Waals surface area contributed by atoms with Gasteiger partial charge in [0.05, 0.1) is 0 Å². The molecule has 0 aliphatic heterocycles. The first-order chi connectivity index (χ1) is 15.5. The van der Waals surface area contributed by atoms with Crippen molar-refractivity contribution in [1.29, 1.82) is 0 Å². The van der Waals surface area contributed by atoms with Gasteiger partial charge in [0.2, 0.25) is 11.8 Å². The fourth-order valence-corrected chi connectivity index (χ4v) is 3.85. The van der Waals surface area contributed by atoms with E-state index in [9.17, 15) is 14.4 Å². The minimum Gasteiger partial charge on any atom is -0.444 e. The Morgan fingerprint density at radius 2 is 1.76 bits per heavy atom. The van der Waals surface area contributed by atoms with E-state index in [-0.39, 0.29) is 23.8 Å². The molecule has 7 nitrogen and oxygen atoms in total. The molecule has 0 saturated heterocycles. The summed E-state index contributed by atoms with van der Waals surface area (Å²) in [6, 6.07) is 7.84. The minimum atomic E-state index is -0.796. The maximum atomic E-state index is 13.9. The molecule has 0 spiro atoms. The van der Waals surface area contributed by atoms with E-state index in [1.54, 1.807) is 25.7 Å². The van der Waals surface area contributed by atoms with E-state index in [1.165, 1.54) is 0 Å². The van der Waals surface area contributed by atoms with Gasteiger partial charge in [-0.1, -0.05) is 57.5 Å². The van der Waals surface area contributed by atoms with Crippen LogP contribution in [0.4, 0.5) is 4.79 Å². The first-order valence-corrected chi connectivity index (χ1v) is 12.2. The van der Waals surface area contributed by atoms with E-state index in [1.807, 2.05) is 44.2 Å². The third-order valence-electron chi connectivity index (χ3n) is 5.80. The lowest BCUT2D eigenvalue weighted by Crippen LogP contribution is -2.58. The molecule has 33 heavy (non-hydrogen) atoms. The third-order valence-corrected chi connectivity index (χ3v) is 5.80. The molecule has 7 heteroatoms. The number of carbonyl (C=O) groups is 3. The monoisotopic (exact) mass is 459 g/mol. The molecule has 0 aromatic heterocycles. The second-order valence-electron chi connectivity index (χ2n) is 10.2. The highest BCUT2D eigenvalue weighted by molar-refractivity contribution is 5.92. The zero-order valence-electron chi connectivity index (χ0n) is 21.0. The van der Waals surface area contributed by atoms with Gasteiger partial charge in [0.1, 0.15) is 17.7 Å². The van der Waals surface area contributed by atoms with Gasteiger partial charge in [0.15, 0.2) is 0 Å². The van der Waals surface area contributed by atoms with E-state index < -0.39 is 23.8 Å². The van der Waals surface area contributed by atoms with Crippen molar-refractivity contribution in [3.8, 4) is 0 Å². The van der Waals surface area contributed by atoms with Crippen molar-refractivity contribution < 1.29 is 19.1 Å². The molecule has 1 aliphatic rings. The van der Waals surface area contributed by atoms with E-state index in [0.29, 0.717) is 6.54 Å². The summed E-state index contributed by atoms with van der Waals surface area (Å²) in [6.45, 7) is 11.8. The zero-order valence-corrected chi connectivity index (χ0v) is 21.0. The first kappa shape index (κ1) is 26.7. The standard InChI is InChI=1S/C26H41N3O4/c1-7-8-17-27-23(30)22(19-13-10-9-11-14-19)29(20-15-12-16-20)24(31)21(18(2)3)28-25(32)33-26(4,5)6/h9-11,13-14,18,20-22H,7-8,12,15-17H2,1-6H3,(H,27,30)(H,28,32). The van der Waals surface area contributed by atoms with Gasteiger partial charge >= 0.3 is 6.09 Å². The van der Waals surface area contributed by atoms with Gasteiger partial charge in [-0.25, -0.2) is 4.79 Å². The van der Waals surface area contributed by atoms with Crippen LogP contribution in [-0.4, -0.2) is 47.0 Å². The molecule has 0 heterocycles. The number of nitrogens with one attached hydrogen (secondary N) is 2. The van der Waals surface area contributed by atoms with Crippen molar-refractivity contribution in [1.82, 2.24) is 15.5 Å². The summed E-state index contributed by atoms with van der Waals surface area (Å²) in [6.07, 6.45) is 3.91. The molecule has 1 saturated carbocycles. The van der Waals surface area contributed by atoms with Crippen molar-refractivity contribution in [2.45, 2.75) is 97.4 Å². The predicted molar refractivity (Wildman–Crippen MR) is 130 cm³/mol. The molecular formula is C26H41N3O4. The van der Waals surface area contributed by atoms with Crippen LogP contribution in [-0.2, 0) is 14.3 Å². The SMILES string of the molecule is CCCCNC(=O)C(c1ccccc1)N(C(=O)C(NC(=O)OC(C)(C)C)C(C)C)C1CCC1. The molecule has 1 fully saturated rings. The van der Waals surface area contributed by atoms with Crippen LogP contribution in [0.2, 0.25) is 0 Å². The molecule has 1 aromatic rings. The smallest absolute Gasteiger partial charge is 0.408 e. The largest absolute Gasteiger partial charge is 0.444 e. The highest BCUT2D eigenvalue weighted by Gasteiger charge is 2.42. The highest BCUT2D eigenvalue weighted by atomic mass is 16.6. The average molecular weight is 460 g/mol. The average Bonchev–Trinajstić information content (AvgIpc) is 2.69. The maximum Gasteiger partial charge on any atom is 0.408 e. The molecule has 2 unspecified atom stereocenters. The van der Waals surface area contributed by atoms with Gasteiger partial charge in [0.25, 0.3) is 0 Å². The number of nitrogens with zero attached hydrogens (tertiary/aromatic N) is 1. The van der Waals surface area contributed by atoms with E-state index in [0.717, 1.165) is 37.7 Å². The van der Waals surface area contributed by atoms with Crippen molar-refractivity contribution in [3.05, 3.63) is 35.9 Å². The maximum absolute atomic E-state index is 13.9. The number of alkyl carbamates (subject to hydrolysis) is 1. The molecular weight excluding hydrogens is 418 g/mol.